The van der Waals surface area contributed by atoms with Gasteiger partial charge in [0.1, 0.15) is 5.75 Å². The molecule has 1 aromatic carbocycles. The van der Waals surface area contributed by atoms with Crippen molar-refractivity contribution in [1.29, 1.82) is 0 Å². The standard InChI is InChI=1S/C13H19NO4S/c1-2-10-5-6-13(15)12(8-10)14-19(16,17)9-11-4-3-7-18-11/h5-6,8,11,14-15H,2-4,7,9H2,1H3. The van der Waals surface area contributed by atoms with Gasteiger partial charge in [-0.25, -0.2) is 8.42 Å². The third-order valence-corrected chi connectivity index (χ3v) is 4.51. The fraction of sp³-hybridized carbons (Fsp3) is 0.538. The number of benzene rings is 1. The summed E-state index contributed by atoms with van der Waals surface area (Å²) in [6, 6.07) is 4.93. The molecule has 0 radical (unpaired) electrons. The first-order valence-electron chi connectivity index (χ1n) is 6.44. The lowest BCUT2D eigenvalue weighted by Crippen LogP contribution is -2.25. The summed E-state index contributed by atoms with van der Waals surface area (Å²) in [7, 11) is -3.50. The summed E-state index contributed by atoms with van der Waals surface area (Å²) in [6.07, 6.45) is 2.20. The van der Waals surface area contributed by atoms with Crippen LogP contribution in [-0.4, -0.2) is 32.0 Å². The SMILES string of the molecule is CCc1ccc(O)c(NS(=O)(=O)CC2CCCO2)c1. The lowest BCUT2D eigenvalue weighted by Gasteiger charge is -2.13. The highest BCUT2D eigenvalue weighted by molar-refractivity contribution is 7.92. The van der Waals surface area contributed by atoms with E-state index in [1.54, 1.807) is 12.1 Å². The molecule has 106 valence electrons. The second-order valence-corrected chi connectivity index (χ2v) is 6.49. The molecule has 19 heavy (non-hydrogen) atoms. The van der Waals surface area contributed by atoms with Crippen molar-refractivity contribution >= 4 is 15.7 Å². The third-order valence-electron chi connectivity index (χ3n) is 3.16. The smallest absolute Gasteiger partial charge is 0.235 e. The molecule has 1 aliphatic rings. The van der Waals surface area contributed by atoms with Crippen molar-refractivity contribution in [3.8, 4) is 5.75 Å². The second-order valence-electron chi connectivity index (χ2n) is 4.72. The van der Waals surface area contributed by atoms with Crippen LogP contribution in [0.2, 0.25) is 0 Å². The van der Waals surface area contributed by atoms with Gasteiger partial charge in [0.2, 0.25) is 10.0 Å². The van der Waals surface area contributed by atoms with Gasteiger partial charge in [-0.05, 0) is 37.0 Å². The molecule has 2 N–H and O–H groups in total. The Labute approximate surface area is 113 Å². The molecule has 1 unspecified atom stereocenters. The molecule has 1 fully saturated rings. The van der Waals surface area contributed by atoms with Gasteiger partial charge in [-0.3, -0.25) is 4.72 Å². The number of anilines is 1. The molecular formula is C13H19NO4S. The monoisotopic (exact) mass is 285 g/mol. The van der Waals surface area contributed by atoms with Crippen molar-refractivity contribution in [2.24, 2.45) is 0 Å². The molecule has 5 nitrogen and oxygen atoms in total. The van der Waals surface area contributed by atoms with Crippen LogP contribution in [0.25, 0.3) is 0 Å². The van der Waals surface area contributed by atoms with Gasteiger partial charge in [0.15, 0.2) is 0 Å². The Bertz CT molecular complexity index is 536. The number of phenolic OH excluding ortho intramolecular Hbond substituents is 1. The quantitative estimate of drug-likeness (QED) is 0.810. The minimum absolute atomic E-state index is 0.0619. The first kappa shape index (κ1) is 14.1. The summed E-state index contributed by atoms with van der Waals surface area (Å²) >= 11 is 0. The number of aromatic hydroxyl groups is 1. The molecule has 1 heterocycles. The van der Waals surface area contributed by atoms with Gasteiger partial charge >= 0.3 is 0 Å². The summed E-state index contributed by atoms with van der Waals surface area (Å²) < 4.78 is 31.8. The normalized spacial score (nSPS) is 19.5. The highest BCUT2D eigenvalue weighted by Gasteiger charge is 2.23. The van der Waals surface area contributed by atoms with Crippen molar-refractivity contribution < 1.29 is 18.3 Å². The molecule has 1 aromatic rings. The van der Waals surface area contributed by atoms with E-state index in [-0.39, 0.29) is 23.3 Å². The summed E-state index contributed by atoms with van der Waals surface area (Å²) in [4.78, 5) is 0. The van der Waals surface area contributed by atoms with E-state index >= 15 is 0 Å². The van der Waals surface area contributed by atoms with Gasteiger partial charge in [-0.2, -0.15) is 0 Å². The predicted octanol–water partition coefficient (Wildman–Crippen LogP) is 1.88. The Kier molecular flexibility index (Phi) is 4.31. The zero-order valence-corrected chi connectivity index (χ0v) is 11.7. The molecule has 0 spiro atoms. The molecule has 0 amide bonds. The molecule has 2 rings (SSSR count). The van der Waals surface area contributed by atoms with Gasteiger partial charge in [0.05, 0.1) is 17.5 Å². The molecule has 0 aromatic heterocycles. The zero-order chi connectivity index (χ0) is 13.9. The summed E-state index contributed by atoms with van der Waals surface area (Å²) in [6.45, 7) is 2.59. The lowest BCUT2D eigenvalue weighted by molar-refractivity contribution is 0.127. The fourth-order valence-electron chi connectivity index (χ4n) is 2.11. The van der Waals surface area contributed by atoms with Crippen LogP contribution >= 0.6 is 0 Å². The largest absolute Gasteiger partial charge is 0.506 e. The first-order valence-corrected chi connectivity index (χ1v) is 8.09. The van der Waals surface area contributed by atoms with Gasteiger partial charge in [0.25, 0.3) is 0 Å². The number of hydrogen-bond donors (Lipinski definition) is 2. The van der Waals surface area contributed by atoms with Crippen molar-refractivity contribution in [3.63, 3.8) is 0 Å². The van der Waals surface area contributed by atoms with Crippen molar-refractivity contribution in [1.82, 2.24) is 0 Å². The molecule has 0 saturated carbocycles. The van der Waals surface area contributed by atoms with Crippen LogP contribution in [0.5, 0.6) is 5.75 Å². The number of aryl methyl sites for hydroxylation is 1. The van der Waals surface area contributed by atoms with Gasteiger partial charge in [-0.1, -0.05) is 13.0 Å². The number of ether oxygens (including phenoxy) is 1. The maximum Gasteiger partial charge on any atom is 0.235 e. The summed E-state index contributed by atoms with van der Waals surface area (Å²) in [5.74, 6) is -0.129. The van der Waals surface area contributed by atoms with E-state index in [0.29, 0.717) is 6.61 Å². The average molecular weight is 285 g/mol. The molecule has 1 saturated heterocycles. The average Bonchev–Trinajstić information content (AvgIpc) is 2.83. The Morgan fingerprint density at radius 2 is 2.26 bits per heavy atom. The Hall–Kier alpha value is -1.27. The molecule has 6 heteroatoms. The number of nitrogens with one attached hydrogen (secondary N) is 1. The van der Waals surface area contributed by atoms with Gasteiger partial charge < -0.3 is 9.84 Å². The number of rotatable bonds is 5. The van der Waals surface area contributed by atoms with Gasteiger partial charge in [0, 0.05) is 6.61 Å². The highest BCUT2D eigenvalue weighted by Crippen LogP contribution is 2.26. The van der Waals surface area contributed by atoms with Crippen LogP contribution in [0.15, 0.2) is 18.2 Å². The Morgan fingerprint density at radius 1 is 1.47 bits per heavy atom. The first-order chi connectivity index (χ1) is 9.00. The van der Waals surface area contributed by atoms with Crippen molar-refractivity contribution in [2.45, 2.75) is 32.3 Å². The highest BCUT2D eigenvalue weighted by atomic mass is 32.2. The molecule has 0 aliphatic carbocycles. The number of sulfonamides is 1. The van der Waals surface area contributed by atoms with Crippen LogP contribution < -0.4 is 4.72 Å². The predicted molar refractivity (Wildman–Crippen MR) is 73.9 cm³/mol. The molecule has 0 bridgehead atoms. The molecule has 1 aliphatic heterocycles. The Balaban J connectivity index is 2.10. The maximum absolute atomic E-state index is 12.0. The molecule has 1 atom stereocenters. The third kappa shape index (κ3) is 3.84. The van der Waals surface area contributed by atoms with E-state index in [2.05, 4.69) is 4.72 Å². The molecular weight excluding hydrogens is 266 g/mol. The fourth-order valence-corrected chi connectivity index (χ4v) is 3.45. The van der Waals surface area contributed by atoms with Crippen molar-refractivity contribution in [3.05, 3.63) is 23.8 Å². The lowest BCUT2D eigenvalue weighted by atomic mass is 10.1. The summed E-state index contributed by atoms with van der Waals surface area (Å²) in [5.41, 5.74) is 1.20. The van der Waals surface area contributed by atoms with Crippen LogP contribution in [-0.2, 0) is 21.2 Å². The van der Waals surface area contributed by atoms with E-state index in [1.165, 1.54) is 6.07 Å². The van der Waals surface area contributed by atoms with Crippen LogP contribution in [0.4, 0.5) is 5.69 Å². The van der Waals surface area contributed by atoms with E-state index in [0.717, 1.165) is 24.8 Å². The zero-order valence-electron chi connectivity index (χ0n) is 10.9. The minimum Gasteiger partial charge on any atom is -0.506 e. The van der Waals surface area contributed by atoms with Crippen LogP contribution in [0, 0.1) is 0 Å². The second kappa shape index (κ2) is 5.79. The van der Waals surface area contributed by atoms with E-state index in [9.17, 15) is 13.5 Å². The minimum atomic E-state index is -3.50. The maximum atomic E-state index is 12.0. The topological polar surface area (TPSA) is 75.6 Å². The number of hydrogen-bond acceptors (Lipinski definition) is 4. The van der Waals surface area contributed by atoms with E-state index in [1.807, 2.05) is 6.92 Å². The van der Waals surface area contributed by atoms with Crippen molar-refractivity contribution in [2.75, 3.05) is 17.1 Å². The Morgan fingerprint density at radius 3 is 2.89 bits per heavy atom. The van der Waals surface area contributed by atoms with E-state index < -0.39 is 10.0 Å². The van der Waals surface area contributed by atoms with E-state index in [4.69, 9.17) is 4.74 Å². The number of phenols is 1. The van der Waals surface area contributed by atoms with Crippen LogP contribution in [0.1, 0.15) is 25.3 Å². The summed E-state index contributed by atoms with van der Waals surface area (Å²) in [5, 5.41) is 9.70. The van der Waals surface area contributed by atoms with Gasteiger partial charge in [-0.15, -0.1) is 0 Å². The van der Waals surface area contributed by atoms with Crippen LogP contribution in [0.3, 0.4) is 0 Å².